The molecule has 2 aromatic heterocycles. The number of carbonyl (C=O) groups excluding carboxylic acids is 1. The summed E-state index contributed by atoms with van der Waals surface area (Å²) in [7, 11) is 1.63. The van der Waals surface area contributed by atoms with Crippen molar-refractivity contribution in [2.75, 3.05) is 44.8 Å². The van der Waals surface area contributed by atoms with Gasteiger partial charge in [0.1, 0.15) is 29.3 Å². The lowest BCUT2D eigenvalue weighted by Gasteiger charge is -2.35. The number of hydrogen-bond donors (Lipinski definition) is 1. The van der Waals surface area contributed by atoms with E-state index in [1.807, 2.05) is 66.4 Å². The third-order valence-corrected chi connectivity index (χ3v) is 6.18. The molecule has 0 spiro atoms. The lowest BCUT2D eigenvalue weighted by Crippen LogP contribution is -2.49. The van der Waals surface area contributed by atoms with E-state index in [4.69, 9.17) is 9.47 Å². The first-order chi connectivity index (χ1) is 17.6. The fraction of sp³-hybridized carbons (Fsp3) is 0.259. The molecule has 0 aliphatic carbocycles. The van der Waals surface area contributed by atoms with Gasteiger partial charge >= 0.3 is 0 Å². The number of benzene rings is 2. The van der Waals surface area contributed by atoms with Gasteiger partial charge in [0.05, 0.1) is 25.1 Å². The van der Waals surface area contributed by atoms with E-state index in [9.17, 15) is 4.79 Å². The summed E-state index contributed by atoms with van der Waals surface area (Å²) in [5.74, 6) is 2.37. The largest absolute Gasteiger partial charge is 0.497 e. The fourth-order valence-corrected chi connectivity index (χ4v) is 4.24. The Morgan fingerprint density at radius 1 is 0.917 bits per heavy atom. The van der Waals surface area contributed by atoms with Crippen LogP contribution in [0.2, 0.25) is 0 Å². The minimum Gasteiger partial charge on any atom is -0.497 e. The van der Waals surface area contributed by atoms with Crippen LogP contribution in [0.1, 0.15) is 17.4 Å². The zero-order chi connectivity index (χ0) is 24.9. The van der Waals surface area contributed by atoms with Crippen molar-refractivity contribution >= 4 is 11.7 Å². The van der Waals surface area contributed by atoms with E-state index in [0.717, 1.165) is 34.1 Å². The molecule has 2 aromatic carbocycles. The number of H-pyrrole nitrogens is 1. The SMILES string of the molecule is CCOc1ccc(-c2cc(N3CCN(C(=O)c4cc(-c5cccc(OC)c5)n[nH]4)CC3)ncn2)cc1. The van der Waals surface area contributed by atoms with Gasteiger partial charge in [0.2, 0.25) is 0 Å². The van der Waals surface area contributed by atoms with Gasteiger partial charge in [-0.1, -0.05) is 12.1 Å². The molecule has 36 heavy (non-hydrogen) atoms. The minimum atomic E-state index is -0.0611. The molecular weight excluding hydrogens is 456 g/mol. The van der Waals surface area contributed by atoms with Gasteiger partial charge in [0.25, 0.3) is 5.91 Å². The van der Waals surface area contributed by atoms with Crippen LogP contribution in [-0.2, 0) is 0 Å². The van der Waals surface area contributed by atoms with E-state index < -0.39 is 0 Å². The molecule has 184 valence electrons. The molecule has 1 aliphatic heterocycles. The van der Waals surface area contributed by atoms with Crippen molar-refractivity contribution in [1.29, 1.82) is 0 Å². The highest BCUT2D eigenvalue weighted by molar-refractivity contribution is 5.93. The van der Waals surface area contributed by atoms with Gasteiger partial charge in [-0.3, -0.25) is 9.89 Å². The zero-order valence-corrected chi connectivity index (χ0v) is 20.3. The zero-order valence-electron chi connectivity index (χ0n) is 20.3. The second-order valence-electron chi connectivity index (χ2n) is 8.40. The number of carbonyl (C=O) groups is 1. The molecular formula is C27H28N6O3. The topological polar surface area (TPSA) is 96.5 Å². The Bertz CT molecular complexity index is 1330. The van der Waals surface area contributed by atoms with Gasteiger partial charge in [-0.25, -0.2) is 9.97 Å². The van der Waals surface area contributed by atoms with E-state index in [2.05, 4.69) is 25.1 Å². The molecule has 9 heteroatoms. The molecule has 5 rings (SSSR count). The van der Waals surface area contributed by atoms with Gasteiger partial charge in [-0.2, -0.15) is 5.10 Å². The Morgan fingerprint density at radius 3 is 2.47 bits per heavy atom. The molecule has 4 aromatic rings. The lowest BCUT2D eigenvalue weighted by molar-refractivity contribution is 0.0740. The third kappa shape index (κ3) is 5.00. The molecule has 1 saturated heterocycles. The Kier molecular flexibility index (Phi) is 6.79. The summed E-state index contributed by atoms with van der Waals surface area (Å²) >= 11 is 0. The molecule has 9 nitrogen and oxygen atoms in total. The first-order valence-corrected chi connectivity index (χ1v) is 11.9. The normalized spacial score (nSPS) is 13.5. The number of amides is 1. The molecule has 1 amide bonds. The van der Waals surface area contributed by atoms with E-state index in [1.54, 1.807) is 19.5 Å². The summed E-state index contributed by atoms with van der Waals surface area (Å²) in [5, 5.41) is 7.23. The van der Waals surface area contributed by atoms with E-state index in [-0.39, 0.29) is 5.91 Å². The summed E-state index contributed by atoms with van der Waals surface area (Å²) in [5.41, 5.74) is 3.92. The van der Waals surface area contributed by atoms with Crippen LogP contribution in [0.4, 0.5) is 5.82 Å². The number of aromatic amines is 1. The van der Waals surface area contributed by atoms with Gasteiger partial charge in [0, 0.05) is 43.4 Å². The molecule has 0 radical (unpaired) electrons. The number of rotatable bonds is 7. The number of aromatic nitrogens is 4. The second kappa shape index (κ2) is 10.5. The quantitative estimate of drug-likeness (QED) is 0.425. The first kappa shape index (κ1) is 23.3. The van der Waals surface area contributed by atoms with Crippen LogP contribution in [0, 0.1) is 0 Å². The number of nitrogens with one attached hydrogen (secondary N) is 1. The summed E-state index contributed by atoms with van der Waals surface area (Å²) in [6.45, 7) is 5.15. The number of ether oxygens (including phenoxy) is 2. The average molecular weight is 485 g/mol. The van der Waals surface area contributed by atoms with Crippen LogP contribution >= 0.6 is 0 Å². The van der Waals surface area contributed by atoms with Crippen LogP contribution in [0.25, 0.3) is 22.5 Å². The summed E-state index contributed by atoms with van der Waals surface area (Å²) in [6, 6.07) is 19.3. The molecule has 0 bridgehead atoms. The Hall–Kier alpha value is -4.40. The summed E-state index contributed by atoms with van der Waals surface area (Å²) in [4.78, 5) is 26.0. The highest BCUT2D eigenvalue weighted by Gasteiger charge is 2.24. The number of nitrogens with zero attached hydrogens (tertiary/aromatic N) is 5. The van der Waals surface area contributed by atoms with Crippen LogP contribution in [0.5, 0.6) is 11.5 Å². The summed E-state index contributed by atoms with van der Waals surface area (Å²) in [6.07, 6.45) is 1.59. The molecule has 0 saturated carbocycles. The van der Waals surface area contributed by atoms with Crippen molar-refractivity contribution in [3.05, 3.63) is 72.7 Å². The maximum atomic E-state index is 13.1. The Labute approximate surface area is 209 Å². The van der Waals surface area contributed by atoms with Crippen LogP contribution in [-0.4, -0.2) is 70.9 Å². The van der Waals surface area contributed by atoms with Crippen molar-refractivity contribution < 1.29 is 14.3 Å². The molecule has 1 N–H and O–H groups in total. The average Bonchev–Trinajstić information content (AvgIpc) is 3.44. The molecule has 3 heterocycles. The van der Waals surface area contributed by atoms with Crippen molar-refractivity contribution in [3.63, 3.8) is 0 Å². The molecule has 1 fully saturated rings. The minimum absolute atomic E-state index is 0.0611. The van der Waals surface area contributed by atoms with Gasteiger partial charge in [0.15, 0.2) is 0 Å². The van der Waals surface area contributed by atoms with Crippen LogP contribution in [0.3, 0.4) is 0 Å². The van der Waals surface area contributed by atoms with E-state index >= 15 is 0 Å². The highest BCUT2D eigenvalue weighted by Crippen LogP contribution is 2.25. The Morgan fingerprint density at radius 2 is 1.72 bits per heavy atom. The first-order valence-electron chi connectivity index (χ1n) is 11.9. The van der Waals surface area contributed by atoms with Gasteiger partial charge in [-0.15, -0.1) is 0 Å². The predicted octanol–water partition coefficient (Wildman–Crippen LogP) is 3.90. The van der Waals surface area contributed by atoms with Crippen LogP contribution < -0.4 is 14.4 Å². The highest BCUT2D eigenvalue weighted by atomic mass is 16.5. The van der Waals surface area contributed by atoms with Crippen molar-refractivity contribution in [2.45, 2.75) is 6.92 Å². The monoisotopic (exact) mass is 484 g/mol. The van der Waals surface area contributed by atoms with E-state index in [0.29, 0.717) is 44.2 Å². The Balaban J connectivity index is 1.22. The van der Waals surface area contributed by atoms with Crippen LogP contribution in [0.15, 0.2) is 67.0 Å². The second-order valence-corrected chi connectivity index (χ2v) is 8.40. The van der Waals surface area contributed by atoms with Crippen molar-refractivity contribution in [1.82, 2.24) is 25.1 Å². The molecule has 1 aliphatic rings. The number of hydrogen-bond acceptors (Lipinski definition) is 7. The standard InChI is InChI=1S/C27H28N6O3/c1-3-36-21-9-7-19(8-10-21)23-17-26(29-18-28-23)32-11-13-33(14-12-32)27(34)25-16-24(30-31-25)20-5-4-6-22(15-20)35-2/h4-10,15-18H,3,11-14H2,1-2H3,(H,30,31). The number of methoxy groups -OCH3 is 1. The maximum absolute atomic E-state index is 13.1. The maximum Gasteiger partial charge on any atom is 0.272 e. The van der Waals surface area contributed by atoms with Gasteiger partial charge in [-0.05, 0) is 49.4 Å². The number of piperazine rings is 1. The predicted molar refractivity (Wildman–Crippen MR) is 137 cm³/mol. The lowest BCUT2D eigenvalue weighted by atomic mass is 10.1. The fourth-order valence-electron chi connectivity index (χ4n) is 4.24. The van der Waals surface area contributed by atoms with Crippen molar-refractivity contribution in [3.8, 4) is 34.0 Å². The molecule has 0 atom stereocenters. The summed E-state index contributed by atoms with van der Waals surface area (Å²) < 4.78 is 10.8. The smallest absolute Gasteiger partial charge is 0.272 e. The van der Waals surface area contributed by atoms with Crippen molar-refractivity contribution in [2.24, 2.45) is 0 Å². The van der Waals surface area contributed by atoms with E-state index in [1.165, 1.54) is 0 Å². The number of anilines is 1. The van der Waals surface area contributed by atoms with Gasteiger partial charge < -0.3 is 19.3 Å². The molecule has 0 unspecified atom stereocenters. The third-order valence-electron chi connectivity index (χ3n) is 6.18.